The molecule has 0 atom stereocenters. The molecular weight excluding hydrogens is 417 g/mol. The number of carbonyl (C=O) groups excluding carboxylic acids is 3. The fraction of sp³-hybridized carbons (Fsp3) is 0.316. The molecule has 0 fully saturated rings. The minimum Gasteiger partial charge on any atom is -0.452 e. The minimum atomic E-state index is -0.831. The number of hydrogen-bond donors (Lipinski definition) is 2. The Kier molecular flexibility index (Phi) is 6.40. The van der Waals surface area contributed by atoms with Gasteiger partial charge in [0, 0.05) is 11.8 Å². The molecule has 0 unspecified atom stereocenters. The smallest absolute Gasteiger partial charge is 0.341 e. The predicted octanol–water partition coefficient (Wildman–Crippen LogP) is 3.43. The summed E-state index contributed by atoms with van der Waals surface area (Å²) in [5.41, 5.74) is 0.226. The normalized spacial score (nSPS) is 12.6. The molecule has 1 heterocycles. The van der Waals surface area contributed by atoms with Crippen LogP contribution in [-0.2, 0) is 27.2 Å². The second-order valence-corrected chi connectivity index (χ2v) is 7.74. The second-order valence-electron chi connectivity index (χ2n) is 6.64. The fourth-order valence-corrected chi connectivity index (χ4v) is 4.50. The highest BCUT2D eigenvalue weighted by Crippen LogP contribution is 2.38. The van der Waals surface area contributed by atoms with Crippen LogP contribution in [0.25, 0.3) is 0 Å². The van der Waals surface area contributed by atoms with Crippen LogP contribution in [-0.4, -0.2) is 29.3 Å². The molecule has 0 radical (unpaired) electrons. The molecule has 2 aromatic rings. The monoisotopic (exact) mass is 435 g/mol. The molecule has 158 valence electrons. The number of ether oxygens (including phenoxy) is 1. The van der Waals surface area contributed by atoms with Crippen molar-refractivity contribution in [3.8, 4) is 0 Å². The van der Waals surface area contributed by atoms with E-state index in [-0.39, 0.29) is 17.2 Å². The lowest BCUT2D eigenvalue weighted by Crippen LogP contribution is -2.22. The number of anilines is 2. The zero-order valence-electron chi connectivity index (χ0n) is 16.0. The summed E-state index contributed by atoms with van der Waals surface area (Å²) in [6.45, 7) is 0.633. The van der Waals surface area contributed by atoms with E-state index in [0.717, 1.165) is 41.8 Å². The average molecular weight is 435 g/mol. The van der Waals surface area contributed by atoms with Crippen LogP contribution in [0.3, 0.4) is 0 Å². The van der Waals surface area contributed by atoms with E-state index >= 15 is 0 Å². The first-order valence-electron chi connectivity index (χ1n) is 9.09. The van der Waals surface area contributed by atoms with E-state index < -0.39 is 34.9 Å². The van der Waals surface area contributed by atoms with Gasteiger partial charge >= 0.3 is 5.97 Å². The van der Waals surface area contributed by atoms with Crippen LogP contribution in [0.2, 0.25) is 0 Å². The molecule has 1 aliphatic rings. The summed E-state index contributed by atoms with van der Waals surface area (Å²) in [5, 5.41) is 16.3. The van der Waals surface area contributed by atoms with E-state index in [9.17, 15) is 28.9 Å². The number of amides is 2. The summed E-state index contributed by atoms with van der Waals surface area (Å²) in [4.78, 5) is 47.4. The first-order chi connectivity index (χ1) is 14.3. The van der Waals surface area contributed by atoms with Crippen molar-refractivity contribution in [3.63, 3.8) is 0 Å². The molecule has 1 aliphatic carbocycles. The van der Waals surface area contributed by atoms with Gasteiger partial charge in [0.1, 0.15) is 16.5 Å². The van der Waals surface area contributed by atoms with Gasteiger partial charge in [0.2, 0.25) is 5.91 Å². The van der Waals surface area contributed by atoms with Crippen LogP contribution in [0.5, 0.6) is 0 Å². The maximum absolute atomic E-state index is 13.2. The van der Waals surface area contributed by atoms with Crippen molar-refractivity contribution in [2.24, 2.45) is 0 Å². The van der Waals surface area contributed by atoms with Crippen molar-refractivity contribution in [3.05, 3.63) is 50.1 Å². The molecule has 9 nitrogen and oxygen atoms in total. The molecule has 0 spiro atoms. The number of benzene rings is 1. The Bertz CT molecular complexity index is 1040. The number of halogens is 1. The lowest BCUT2D eigenvalue weighted by molar-refractivity contribution is -0.384. The molecule has 0 aliphatic heterocycles. The Morgan fingerprint density at radius 1 is 1.23 bits per heavy atom. The Balaban J connectivity index is 1.72. The van der Waals surface area contributed by atoms with Crippen molar-refractivity contribution in [1.82, 2.24) is 0 Å². The SMILES string of the molecule is CC(=O)Nc1sc2c(c1C(=O)OCC(=O)Nc1ccc(F)cc1[N+](=O)[O-])CCCC2. The maximum atomic E-state index is 13.2. The third-order valence-corrected chi connectivity index (χ3v) is 5.64. The molecule has 1 aromatic heterocycles. The van der Waals surface area contributed by atoms with Gasteiger partial charge in [-0.2, -0.15) is 0 Å². The van der Waals surface area contributed by atoms with Gasteiger partial charge < -0.3 is 15.4 Å². The molecule has 11 heteroatoms. The van der Waals surface area contributed by atoms with Gasteiger partial charge in [-0.15, -0.1) is 11.3 Å². The van der Waals surface area contributed by atoms with Crippen molar-refractivity contribution in [2.45, 2.75) is 32.6 Å². The molecule has 1 aromatic carbocycles. The Morgan fingerprint density at radius 2 is 1.97 bits per heavy atom. The zero-order chi connectivity index (χ0) is 21.8. The largest absolute Gasteiger partial charge is 0.452 e. The number of thiophene rings is 1. The van der Waals surface area contributed by atoms with Gasteiger partial charge in [-0.1, -0.05) is 0 Å². The topological polar surface area (TPSA) is 128 Å². The average Bonchev–Trinajstić information content (AvgIpc) is 3.04. The van der Waals surface area contributed by atoms with Gasteiger partial charge in [-0.05, 0) is 43.4 Å². The minimum absolute atomic E-state index is 0.214. The molecule has 0 saturated heterocycles. The second kappa shape index (κ2) is 8.99. The molecule has 2 N–H and O–H groups in total. The molecular formula is C19H18FN3O6S. The standard InChI is InChI=1S/C19H18FN3O6S/c1-10(24)21-18-17(12-4-2-3-5-15(12)30-18)19(26)29-9-16(25)22-13-7-6-11(20)8-14(13)23(27)28/h6-8H,2-5,9H2,1H3,(H,21,24)(H,22,25). The van der Waals surface area contributed by atoms with Gasteiger partial charge in [0.25, 0.3) is 11.6 Å². The molecule has 30 heavy (non-hydrogen) atoms. The summed E-state index contributed by atoms with van der Waals surface area (Å²) < 4.78 is 18.3. The highest BCUT2D eigenvalue weighted by molar-refractivity contribution is 7.17. The van der Waals surface area contributed by atoms with Crippen molar-refractivity contribution in [2.75, 3.05) is 17.2 Å². The Morgan fingerprint density at radius 3 is 2.67 bits per heavy atom. The van der Waals surface area contributed by atoms with Crippen LogP contribution in [0.1, 0.15) is 40.6 Å². The maximum Gasteiger partial charge on any atom is 0.341 e. The molecule has 2 amide bonds. The summed E-state index contributed by atoms with van der Waals surface area (Å²) in [6, 6.07) is 2.70. The fourth-order valence-electron chi connectivity index (χ4n) is 3.18. The highest BCUT2D eigenvalue weighted by Gasteiger charge is 2.27. The number of rotatable bonds is 6. The summed E-state index contributed by atoms with van der Waals surface area (Å²) >= 11 is 1.32. The number of nitrogens with zero attached hydrogens (tertiary/aromatic N) is 1. The van der Waals surface area contributed by atoms with Crippen molar-refractivity contribution in [1.29, 1.82) is 0 Å². The van der Waals surface area contributed by atoms with Gasteiger partial charge in [-0.25, -0.2) is 9.18 Å². The molecule has 3 rings (SSSR count). The number of carbonyl (C=O) groups is 3. The van der Waals surface area contributed by atoms with E-state index in [0.29, 0.717) is 17.5 Å². The van der Waals surface area contributed by atoms with Crippen LogP contribution < -0.4 is 10.6 Å². The number of esters is 1. The van der Waals surface area contributed by atoms with E-state index in [1.165, 1.54) is 18.3 Å². The highest BCUT2D eigenvalue weighted by atomic mass is 32.1. The van der Waals surface area contributed by atoms with Crippen LogP contribution in [0.4, 0.5) is 20.8 Å². The van der Waals surface area contributed by atoms with Gasteiger partial charge in [-0.3, -0.25) is 19.7 Å². The van der Waals surface area contributed by atoms with E-state index in [2.05, 4.69) is 10.6 Å². The summed E-state index contributed by atoms with van der Waals surface area (Å²) in [6.07, 6.45) is 3.36. The third-order valence-electron chi connectivity index (χ3n) is 4.43. The zero-order valence-corrected chi connectivity index (χ0v) is 16.8. The van der Waals surface area contributed by atoms with Gasteiger partial charge in [0.15, 0.2) is 6.61 Å². The van der Waals surface area contributed by atoms with Crippen LogP contribution >= 0.6 is 11.3 Å². The Labute approximate surface area is 174 Å². The first-order valence-corrected chi connectivity index (χ1v) is 9.91. The summed E-state index contributed by atoms with van der Waals surface area (Å²) in [7, 11) is 0. The third kappa shape index (κ3) is 4.79. The molecule has 0 bridgehead atoms. The van der Waals surface area contributed by atoms with Crippen LogP contribution in [0.15, 0.2) is 18.2 Å². The number of aryl methyl sites for hydroxylation is 1. The van der Waals surface area contributed by atoms with Crippen molar-refractivity contribution < 1.29 is 28.4 Å². The van der Waals surface area contributed by atoms with Crippen molar-refractivity contribution >= 4 is 45.5 Å². The number of nitrogens with one attached hydrogen (secondary N) is 2. The number of nitro groups is 1. The Hall–Kier alpha value is -3.34. The number of fused-ring (bicyclic) bond motifs is 1. The lowest BCUT2D eigenvalue weighted by Gasteiger charge is -2.13. The number of nitro benzene ring substituents is 1. The first kappa shape index (κ1) is 21.4. The van der Waals surface area contributed by atoms with Gasteiger partial charge in [0.05, 0.1) is 16.6 Å². The summed E-state index contributed by atoms with van der Waals surface area (Å²) in [5.74, 6) is -2.73. The van der Waals surface area contributed by atoms with E-state index in [1.54, 1.807) is 0 Å². The predicted molar refractivity (Wildman–Crippen MR) is 107 cm³/mol. The number of hydrogen-bond acceptors (Lipinski definition) is 7. The van der Waals surface area contributed by atoms with Crippen LogP contribution in [0, 0.1) is 15.9 Å². The van der Waals surface area contributed by atoms with E-state index in [4.69, 9.17) is 4.74 Å². The lowest BCUT2D eigenvalue weighted by atomic mass is 9.95. The quantitative estimate of drug-likeness (QED) is 0.406. The molecule has 0 saturated carbocycles. The van der Waals surface area contributed by atoms with E-state index in [1.807, 2.05) is 0 Å².